The Kier molecular flexibility index (Phi) is 3.96. The van der Waals surface area contributed by atoms with E-state index in [2.05, 4.69) is 0 Å². The van der Waals surface area contributed by atoms with Crippen LogP contribution in [0, 0.1) is 10.1 Å². The number of rotatable bonds is 4. The summed E-state index contributed by atoms with van der Waals surface area (Å²) in [5.41, 5.74) is -0.00592. The number of hydrogen-bond acceptors (Lipinski definition) is 6. The largest absolute Gasteiger partial charge is 0.490 e. The monoisotopic (exact) mass is 267 g/mol. The number of carbonyl (C=O) groups excluding carboxylic acids is 1. The quantitative estimate of drug-likeness (QED) is 0.464. The minimum Gasteiger partial charge on any atom is -0.490 e. The summed E-state index contributed by atoms with van der Waals surface area (Å²) in [6.45, 7) is 2.05. The Morgan fingerprint density at radius 1 is 1.42 bits per heavy atom. The van der Waals surface area contributed by atoms with Gasteiger partial charge in [-0.2, -0.15) is 0 Å². The fourth-order valence-corrected chi connectivity index (χ4v) is 1.55. The van der Waals surface area contributed by atoms with Gasteiger partial charge in [0.1, 0.15) is 12.4 Å². The zero-order chi connectivity index (χ0) is 13.8. The lowest BCUT2D eigenvalue weighted by Gasteiger charge is -2.26. The van der Waals surface area contributed by atoms with Crippen LogP contribution in [-0.2, 0) is 14.3 Å². The summed E-state index contributed by atoms with van der Waals surface area (Å²) in [5.74, 6) is 0.0591. The zero-order valence-corrected chi connectivity index (χ0v) is 10.3. The third kappa shape index (κ3) is 3.41. The van der Waals surface area contributed by atoms with Crippen molar-refractivity contribution in [2.45, 2.75) is 19.1 Å². The van der Waals surface area contributed by atoms with Gasteiger partial charge in [0, 0.05) is 12.1 Å². The summed E-state index contributed by atoms with van der Waals surface area (Å²) < 4.78 is 15.7. The molecule has 1 saturated heterocycles. The van der Waals surface area contributed by atoms with Gasteiger partial charge in [0.2, 0.25) is 0 Å². The van der Waals surface area contributed by atoms with Gasteiger partial charge in [0.05, 0.1) is 11.5 Å². The molecule has 1 aromatic rings. The number of ether oxygens (including phenoxy) is 3. The molecule has 102 valence electrons. The van der Waals surface area contributed by atoms with Crippen LogP contribution in [0.25, 0.3) is 0 Å². The Morgan fingerprint density at radius 3 is 2.68 bits per heavy atom. The minimum absolute atomic E-state index is 0.00592. The predicted molar refractivity (Wildman–Crippen MR) is 63.9 cm³/mol. The molecule has 7 heteroatoms. The molecule has 1 fully saturated rings. The average molecular weight is 267 g/mol. The number of hydrogen-bond donors (Lipinski definition) is 0. The first-order valence-corrected chi connectivity index (χ1v) is 5.75. The molecular formula is C12H13NO6. The number of esters is 1. The van der Waals surface area contributed by atoms with Gasteiger partial charge in [0.15, 0.2) is 12.2 Å². The first-order valence-electron chi connectivity index (χ1n) is 5.75. The van der Waals surface area contributed by atoms with Gasteiger partial charge >= 0.3 is 5.97 Å². The normalized spacial score (nSPS) is 22.7. The summed E-state index contributed by atoms with van der Waals surface area (Å²) in [6.07, 6.45) is -1.01. The molecule has 2 rings (SSSR count). The maximum atomic E-state index is 11.3. The number of nitrogens with zero attached hydrogens (tertiary/aromatic N) is 1. The van der Waals surface area contributed by atoms with E-state index in [0.717, 1.165) is 0 Å². The van der Waals surface area contributed by atoms with Crippen LogP contribution in [-0.4, -0.2) is 36.3 Å². The van der Waals surface area contributed by atoms with Crippen LogP contribution in [0.3, 0.4) is 0 Å². The maximum absolute atomic E-state index is 11.3. The third-order valence-corrected chi connectivity index (χ3v) is 2.63. The van der Waals surface area contributed by atoms with E-state index in [4.69, 9.17) is 14.2 Å². The van der Waals surface area contributed by atoms with E-state index in [1.54, 1.807) is 6.92 Å². The Hall–Kier alpha value is -2.15. The van der Waals surface area contributed by atoms with Gasteiger partial charge in [-0.15, -0.1) is 0 Å². The lowest BCUT2D eigenvalue weighted by atomic mass is 10.3. The van der Waals surface area contributed by atoms with Crippen molar-refractivity contribution in [3.8, 4) is 5.75 Å². The van der Waals surface area contributed by atoms with E-state index < -0.39 is 23.1 Å². The Morgan fingerprint density at radius 2 is 2.11 bits per heavy atom. The molecule has 0 saturated carbocycles. The van der Waals surface area contributed by atoms with Crippen molar-refractivity contribution in [2.24, 2.45) is 0 Å². The highest BCUT2D eigenvalue weighted by atomic mass is 16.6. The molecule has 0 N–H and O–H groups in total. The van der Waals surface area contributed by atoms with Gasteiger partial charge < -0.3 is 14.2 Å². The van der Waals surface area contributed by atoms with Gasteiger partial charge in [-0.05, 0) is 19.1 Å². The molecule has 19 heavy (non-hydrogen) atoms. The summed E-state index contributed by atoms with van der Waals surface area (Å²) >= 11 is 0. The number of nitro groups is 1. The molecule has 1 aromatic carbocycles. The van der Waals surface area contributed by atoms with Crippen LogP contribution in [0.4, 0.5) is 5.69 Å². The smallest absolute Gasteiger partial charge is 0.335 e. The molecule has 0 amide bonds. The third-order valence-electron chi connectivity index (χ3n) is 2.63. The van der Waals surface area contributed by atoms with Gasteiger partial charge in [-0.25, -0.2) is 4.79 Å². The van der Waals surface area contributed by atoms with Crippen LogP contribution < -0.4 is 4.74 Å². The van der Waals surface area contributed by atoms with Crippen molar-refractivity contribution in [3.05, 3.63) is 34.4 Å². The number of carbonyl (C=O) groups is 1. The molecule has 0 aromatic heterocycles. The highest BCUT2D eigenvalue weighted by molar-refractivity contribution is 5.74. The van der Waals surface area contributed by atoms with Crippen molar-refractivity contribution in [3.63, 3.8) is 0 Å². The molecule has 2 atom stereocenters. The van der Waals surface area contributed by atoms with Gasteiger partial charge in [-0.3, -0.25) is 10.1 Å². The predicted octanol–water partition coefficient (Wildman–Crippen LogP) is 1.30. The van der Waals surface area contributed by atoms with E-state index >= 15 is 0 Å². The molecule has 1 heterocycles. The highest BCUT2D eigenvalue weighted by Crippen LogP contribution is 2.18. The van der Waals surface area contributed by atoms with E-state index in [1.807, 2.05) is 0 Å². The zero-order valence-electron chi connectivity index (χ0n) is 10.3. The second-order valence-corrected chi connectivity index (χ2v) is 4.10. The average Bonchev–Trinajstić information content (AvgIpc) is 2.40. The van der Waals surface area contributed by atoms with Crippen molar-refractivity contribution in [1.29, 1.82) is 0 Å². The fourth-order valence-electron chi connectivity index (χ4n) is 1.55. The summed E-state index contributed by atoms with van der Waals surface area (Å²) in [6, 6.07) is 5.68. The minimum atomic E-state index is -0.546. The molecule has 1 aliphatic heterocycles. The SMILES string of the molecule is C[C@@H]1OC[C@H](COc2ccc([N+](=O)[O-])cc2)OC1=O. The lowest BCUT2D eigenvalue weighted by Crippen LogP contribution is -2.41. The van der Waals surface area contributed by atoms with E-state index in [1.165, 1.54) is 24.3 Å². The highest BCUT2D eigenvalue weighted by Gasteiger charge is 2.27. The van der Waals surface area contributed by atoms with Crippen molar-refractivity contribution >= 4 is 11.7 Å². The number of cyclic esters (lactones) is 1. The number of non-ortho nitro benzene ring substituents is 1. The second-order valence-electron chi connectivity index (χ2n) is 4.10. The Balaban J connectivity index is 1.85. The second kappa shape index (κ2) is 5.66. The number of benzene rings is 1. The maximum Gasteiger partial charge on any atom is 0.335 e. The van der Waals surface area contributed by atoms with Crippen LogP contribution in [0.15, 0.2) is 24.3 Å². The van der Waals surface area contributed by atoms with Crippen LogP contribution in [0.5, 0.6) is 5.75 Å². The van der Waals surface area contributed by atoms with Crippen LogP contribution in [0.1, 0.15) is 6.92 Å². The summed E-state index contributed by atoms with van der Waals surface area (Å²) in [7, 11) is 0. The Bertz CT molecular complexity index is 472. The van der Waals surface area contributed by atoms with Gasteiger partial charge in [-0.1, -0.05) is 0 Å². The van der Waals surface area contributed by atoms with Crippen molar-refractivity contribution < 1.29 is 23.9 Å². The summed E-state index contributed by atoms with van der Waals surface area (Å²) in [4.78, 5) is 21.2. The molecule has 0 bridgehead atoms. The van der Waals surface area contributed by atoms with E-state index in [-0.39, 0.29) is 18.9 Å². The van der Waals surface area contributed by atoms with Crippen molar-refractivity contribution in [1.82, 2.24) is 0 Å². The molecule has 1 aliphatic rings. The fraction of sp³-hybridized carbons (Fsp3) is 0.417. The lowest BCUT2D eigenvalue weighted by molar-refractivity contribution is -0.384. The van der Waals surface area contributed by atoms with Gasteiger partial charge in [0.25, 0.3) is 5.69 Å². The molecule has 0 radical (unpaired) electrons. The van der Waals surface area contributed by atoms with Crippen molar-refractivity contribution in [2.75, 3.05) is 13.2 Å². The molecular weight excluding hydrogens is 254 g/mol. The topological polar surface area (TPSA) is 87.9 Å². The molecule has 0 spiro atoms. The standard InChI is InChI=1S/C12H13NO6/c1-8-12(14)19-11(6-17-8)7-18-10-4-2-9(3-5-10)13(15)16/h2-5,8,11H,6-7H2,1H3/t8-,11+/m0/s1. The van der Waals surface area contributed by atoms with Crippen LogP contribution >= 0.6 is 0 Å². The Labute approximate surface area is 109 Å². The first-order chi connectivity index (χ1) is 9.06. The van der Waals surface area contributed by atoms with E-state index in [9.17, 15) is 14.9 Å². The first kappa shape index (κ1) is 13.3. The molecule has 0 unspecified atom stereocenters. The molecule has 0 aliphatic carbocycles. The van der Waals surface area contributed by atoms with E-state index in [0.29, 0.717) is 5.75 Å². The summed E-state index contributed by atoms with van der Waals surface area (Å²) in [5, 5.41) is 10.5. The molecule has 7 nitrogen and oxygen atoms in total. The number of nitro benzene ring substituents is 1. The van der Waals surface area contributed by atoms with Crippen LogP contribution in [0.2, 0.25) is 0 Å².